The summed E-state index contributed by atoms with van der Waals surface area (Å²) in [5.74, 6) is 1.33. The Kier molecular flexibility index (Phi) is 1.34. The van der Waals surface area contributed by atoms with E-state index in [1.165, 1.54) is 25.7 Å². The molecule has 3 atom stereocenters. The Morgan fingerprint density at radius 1 is 1.21 bits per heavy atom. The summed E-state index contributed by atoms with van der Waals surface area (Å²) in [6.45, 7) is 6.89. The van der Waals surface area contributed by atoms with Gasteiger partial charge >= 0.3 is 0 Å². The summed E-state index contributed by atoms with van der Waals surface area (Å²) in [5.41, 5.74) is 0.711. The van der Waals surface area contributed by atoms with E-state index in [1.54, 1.807) is 0 Å². The average Bonchev–Trinajstić information content (AvgIpc) is 2.70. The summed E-state index contributed by atoms with van der Waals surface area (Å²) in [6.07, 6.45) is 6.14. The van der Waals surface area contributed by atoms with E-state index < -0.39 is 0 Å². The summed E-state index contributed by atoms with van der Waals surface area (Å²) in [4.78, 5) is 12.2. The topological polar surface area (TPSA) is 17.1 Å². The van der Waals surface area contributed by atoms with Crippen molar-refractivity contribution < 1.29 is 4.79 Å². The van der Waals surface area contributed by atoms with Gasteiger partial charge in [-0.05, 0) is 36.0 Å². The molecule has 3 aliphatic carbocycles. The minimum absolute atomic E-state index is 0.0168. The van der Waals surface area contributed by atoms with Crippen molar-refractivity contribution in [1.29, 1.82) is 0 Å². The molecule has 0 saturated heterocycles. The normalized spacial score (nSPS) is 53.9. The lowest BCUT2D eigenvalue weighted by atomic mass is 9.52. The molecule has 0 radical (unpaired) electrons. The van der Waals surface area contributed by atoms with Gasteiger partial charge in [-0.3, -0.25) is 4.79 Å². The van der Waals surface area contributed by atoms with Crippen molar-refractivity contribution in [3.63, 3.8) is 0 Å². The number of rotatable bonds is 0. The lowest BCUT2D eigenvalue weighted by Gasteiger charge is -2.51. The third kappa shape index (κ3) is 0.666. The van der Waals surface area contributed by atoms with Crippen molar-refractivity contribution >= 4 is 5.78 Å². The number of carbonyl (C=O) groups is 1. The number of hydrogen-bond acceptors (Lipinski definition) is 1. The predicted molar refractivity (Wildman–Crippen MR) is 55.9 cm³/mol. The first-order valence-corrected chi connectivity index (χ1v) is 5.97. The Balaban J connectivity index is 2.13. The molecular weight excluding hydrogens is 172 g/mol. The van der Waals surface area contributed by atoms with Crippen LogP contribution < -0.4 is 0 Å². The molecule has 3 fully saturated rings. The van der Waals surface area contributed by atoms with E-state index in [-0.39, 0.29) is 10.8 Å². The Hall–Kier alpha value is -0.330. The second-order valence-corrected chi connectivity index (χ2v) is 6.55. The molecular formula is C13H20O. The van der Waals surface area contributed by atoms with Crippen LogP contribution in [0.3, 0.4) is 0 Å². The van der Waals surface area contributed by atoms with Crippen LogP contribution in [0.15, 0.2) is 0 Å². The average molecular weight is 192 g/mol. The van der Waals surface area contributed by atoms with Crippen LogP contribution in [-0.2, 0) is 4.79 Å². The van der Waals surface area contributed by atoms with Crippen LogP contribution in [0.1, 0.15) is 52.9 Å². The molecule has 0 bridgehead atoms. The largest absolute Gasteiger partial charge is 0.299 e. The van der Waals surface area contributed by atoms with Crippen molar-refractivity contribution in [3.05, 3.63) is 0 Å². The quantitative estimate of drug-likeness (QED) is 0.576. The lowest BCUT2D eigenvalue weighted by molar-refractivity contribution is -0.140. The molecule has 0 aromatic carbocycles. The first-order chi connectivity index (χ1) is 6.44. The standard InChI is InChI=1S/C13H20O/c1-11(2)5-4-6-13-8-9(13)7-10(14)12(11,13)3/h9H,4-8H2,1-3H3/t9-,12-,13+/m0/s1. The zero-order valence-corrected chi connectivity index (χ0v) is 9.52. The van der Waals surface area contributed by atoms with E-state index in [4.69, 9.17) is 0 Å². The highest BCUT2D eigenvalue weighted by Gasteiger charge is 2.76. The van der Waals surface area contributed by atoms with Gasteiger partial charge in [0, 0.05) is 11.8 Å². The van der Waals surface area contributed by atoms with Gasteiger partial charge in [-0.1, -0.05) is 27.2 Å². The first-order valence-electron chi connectivity index (χ1n) is 5.97. The van der Waals surface area contributed by atoms with Crippen molar-refractivity contribution in [1.82, 2.24) is 0 Å². The summed E-state index contributed by atoms with van der Waals surface area (Å²) < 4.78 is 0. The third-order valence-corrected chi connectivity index (χ3v) is 6.00. The molecule has 3 rings (SSSR count). The number of carbonyl (C=O) groups excluding carboxylic acids is 1. The first kappa shape index (κ1) is 8.94. The van der Waals surface area contributed by atoms with Crippen molar-refractivity contribution in [2.24, 2.45) is 22.2 Å². The van der Waals surface area contributed by atoms with Gasteiger partial charge in [-0.2, -0.15) is 0 Å². The van der Waals surface area contributed by atoms with Crippen LogP contribution in [-0.4, -0.2) is 5.78 Å². The molecule has 3 saturated carbocycles. The summed E-state index contributed by atoms with van der Waals surface area (Å²) in [7, 11) is 0. The van der Waals surface area contributed by atoms with Crippen LogP contribution in [0.5, 0.6) is 0 Å². The van der Waals surface area contributed by atoms with Crippen molar-refractivity contribution in [3.8, 4) is 0 Å². The molecule has 0 N–H and O–H groups in total. The minimum Gasteiger partial charge on any atom is -0.299 e. The lowest BCUT2D eigenvalue weighted by Crippen LogP contribution is -2.49. The monoisotopic (exact) mass is 192 g/mol. The highest BCUT2D eigenvalue weighted by Crippen LogP contribution is 2.79. The van der Waals surface area contributed by atoms with E-state index in [2.05, 4.69) is 20.8 Å². The Morgan fingerprint density at radius 3 is 2.57 bits per heavy atom. The zero-order valence-electron chi connectivity index (χ0n) is 9.52. The molecule has 0 heterocycles. The molecule has 0 amide bonds. The third-order valence-electron chi connectivity index (χ3n) is 6.00. The van der Waals surface area contributed by atoms with Crippen molar-refractivity contribution in [2.45, 2.75) is 52.9 Å². The van der Waals surface area contributed by atoms with Gasteiger partial charge < -0.3 is 0 Å². The van der Waals surface area contributed by atoms with Crippen molar-refractivity contribution in [2.75, 3.05) is 0 Å². The number of Topliss-reactive ketones (excluding diaryl/α,β-unsaturated/α-hetero) is 1. The molecule has 78 valence electrons. The fourth-order valence-corrected chi connectivity index (χ4v) is 4.67. The second-order valence-electron chi connectivity index (χ2n) is 6.55. The summed E-state index contributed by atoms with van der Waals surface area (Å²) >= 11 is 0. The van der Waals surface area contributed by atoms with Crippen LogP contribution in [0.2, 0.25) is 0 Å². The summed E-state index contributed by atoms with van der Waals surface area (Å²) in [5, 5.41) is 0. The molecule has 14 heavy (non-hydrogen) atoms. The van der Waals surface area contributed by atoms with Gasteiger partial charge in [-0.15, -0.1) is 0 Å². The van der Waals surface area contributed by atoms with Gasteiger partial charge in [0.25, 0.3) is 0 Å². The highest BCUT2D eigenvalue weighted by atomic mass is 16.1. The smallest absolute Gasteiger partial charge is 0.140 e. The SMILES string of the molecule is CC1(C)CCC[C@@]23C[C@@H]2CC(=O)[C@@]13C. The molecule has 3 aliphatic rings. The molecule has 1 nitrogen and oxygen atoms in total. The fraction of sp³-hybridized carbons (Fsp3) is 0.923. The number of ketones is 1. The molecule has 0 aliphatic heterocycles. The predicted octanol–water partition coefficient (Wildman–Crippen LogP) is 3.18. The van der Waals surface area contributed by atoms with E-state index in [0.717, 1.165) is 12.3 Å². The molecule has 1 spiro atoms. The van der Waals surface area contributed by atoms with Gasteiger partial charge in [0.05, 0.1) is 0 Å². The van der Waals surface area contributed by atoms with Gasteiger partial charge in [-0.25, -0.2) is 0 Å². The van der Waals surface area contributed by atoms with E-state index in [0.29, 0.717) is 11.2 Å². The minimum atomic E-state index is 0.0168. The Bertz CT molecular complexity index is 317. The van der Waals surface area contributed by atoms with Crippen LogP contribution in [0, 0.1) is 22.2 Å². The van der Waals surface area contributed by atoms with Crippen LogP contribution in [0.4, 0.5) is 0 Å². The van der Waals surface area contributed by atoms with E-state index >= 15 is 0 Å². The van der Waals surface area contributed by atoms with E-state index in [9.17, 15) is 4.79 Å². The maximum absolute atomic E-state index is 12.2. The number of hydrogen-bond donors (Lipinski definition) is 0. The van der Waals surface area contributed by atoms with Crippen LogP contribution >= 0.6 is 0 Å². The molecule has 0 aromatic rings. The van der Waals surface area contributed by atoms with Gasteiger partial charge in [0.2, 0.25) is 0 Å². The zero-order chi connectivity index (χ0) is 10.2. The summed E-state index contributed by atoms with van der Waals surface area (Å²) in [6, 6.07) is 0. The Morgan fingerprint density at radius 2 is 1.93 bits per heavy atom. The van der Waals surface area contributed by atoms with Gasteiger partial charge in [0.1, 0.15) is 5.78 Å². The van der Waals surface area contributed by atoms with Crippen LogP contribution in [0.25, 0.3) is 0 Å². The fourth-order valence-electron chi connectivity index (χ4n) is 4.67. The van der Waals surface area contributed by atoms with Gasteiger partial charge in [0.15, 0.2) is 0 Å². The molecule has 0 unspecified atom stereocenters. The highest BCUT2D eigenvalue weighted by molar-refractivity contribution is 5.91. The molecule has 0 aromatic heterocycles. The Labute approximate surface area is 86.3 Å². The van der Waals surface area contributed by atoms with E-state index in [1.807, 2.05) is 0 Å². The molecule has 1 heteroatoms. The second kappa shape index (κ2) is 2.10. The maximum atomic E-state index is 12.2. The maximum Gasteiger partial charge on any atom is 0.140 e.